The van der Waals surface area contributed by atoms with Crippen LogP contribution >= 0.6 is 0 Å². The summed E-state index contributed by atoms with van der Waals surface area (Å²) < 4.78 is 40.1. The molecule has 0 saturated carbocycles. The number of halogens is 1. The Morgan fingerprint density at radius 1 is 0.575 bits per heavy atom. The third-order valence-corrected chi connectivity index (χ3v) is 8.72. The minimum absolute atomic E-state index is 0.181. The first kappa shape index (κ1) is 27.5. The van der Waals surface area contributed by atoms with Gasteiger partial charge in [-0.25, -0.2) is 18.6 Å². The number of ether oxygens (including phenoxy) is 1. The fraction of sp³-hybridized carbons (Fsp3) is 0.0323. The average Bonchev–Trinajstić information content (AvgIpc) is 2.96. The van der Waals surface area contributed by atoms with E-state index in [1.165, 1.54) is 0 Å². The highest BCUT2D eigenvalue weighted by Gasteiger charge is 2.51. The van der Waals surface area contributed by atoms with E-state index in [4.69, 9.17) is 23.4 Å². The Bertz CT molecular complexity index is 1630. The Kier molecular flexibility index (Phi) is 7.99. The summed E-state index contributed by atoms with van der Waals surface area (Å²) in [7, 11) is -5.80. The van der Waals surface area contributed by atoms with E-state index in [0.29, 0.717) is 22.6 Å². The maximum atomic E-state index is 14.3. The van der Waals surface area contributed by atoms with Crippen molar-refractivity contribution in [2.45, 2.75) is 15.0 Å². The van der Waals surface area contributed by atoms with Gasteiger partial charge >= 0.3 is 0 Å². The number of fused-ring (bicyclic) bond motifs is 3. The van der Waals surface area contributed by atoms with Gasteiger partial charge in [-0.15, -0.1) is 10.2 Å². The lowest BCUT2D eigenvalue weighted by Gasteiger charge is -2.24. The molecule has 40 heavy (non-hydrogen) atoms. The second kappa shape index (κ2) is 11.6. The summed E-state index contributed by atoms with van der Waals surface area (Å²) in [5, 5.41) is 1.12. The molecule has 0 N–H and O–H groups in total. The summed E-state index contributed by atoms with van der Waals surface area (Å²) >= 11 is 0. The lowest BCUT2D eigenvalue weighted by atomic mass is 9.99. The summed E-state index contributed by atoms with van der Waals surface area (Å²) in [4.78, 5) is 30.1. The van der Waals surface area contributed by atoms with Gasteiger partial charge in [0.1, 0.15) is 0 Å². The van der Waals surface area contributed by atoms with E-state index in [0.717, 1.165) is 20.6 Å². The normalized spacial score (nSPS) is 13.2. The van der Waals surface area contributed by atoms with Gasteiger partial charge in [0, 0.05) is 11.1 Å². The minimum atomic E-state index is -4.94. The zero-order valence-electron chi connectivity index (χ0n) is 20.8. The zero-order valence-corrected chi connectivity index (χ0v) is 22.3. The molecule has 1 aliphatic heterocycles. The van der Waals surface area contributed by atoms with E-state index in [1.54, 1.807) is 12.1 Å². The highest BCUT2D eigenvalue weighted by atomic mass is 35.7. The van der Waals surface area contributed by atoms with Crippen molar-refractivity contribution >= 4 is 33.2 Å². The molecule has 9 heteroatoms. The molecule has 0 amide bonds. The molecule has 1 unspecified atom stereocenters. The van der Waals surface area contributed by atoms with Crippen molar-refractivity contribution in [1.29, 1.82) is 0 Å². The molecule has 6 rings (SSSR count). The van der Waals surface area contributed by atoms with E-state index in [2.05, 4.69) is 0 Å². The number of hydrogen-bond acceptors (Lipinski definition) is 7. The van der Waals surface area contributed by atoms with E-state index in [-0.39, 0.29) is 11.6 Å². The van der Waals surface area contributed by atoms with Gasteiger partial charge in [-0.05, 0) is 41.1 Å². The van der Waals surface area contributed by atoms with E-state index in [9.17, 15) is 9.59 Å². The van der Waals surface area contributed by atoms with Crippen LogP contribution in [0.25, 0.3) is 10.8 Å². The predicted molar refractivity (Wildman–Crippen MR) is 140 cm³/mol. The van der Waals surface area contributed by atoms with Crippen LogP contribution in [0.15, 0.2) is 131 Å². The summed E-state index contributed by atoms with van der Waals surface area (Å²) in [6.07, 6.45) is 0. The molecular weight excluding hydrogens is 552 g/mol. The van der Waals surface area contributed by atoms with Crippen LogP contribution in [-0.4, -0.2) is 16.8 Å². The van der Waals surface area contributed by atoms with E-state index < -0.39 is 26.4 Å². The van der Waals surface area contributed by atoms with Gasteiger partial charge in [-0.2, -0.15) is 0 Å². The van der Waals surface area contributed by atoms with Crippen molar-refractivity contribution in [2.75, 3.05) is 0 Å². The molecule has 0 radical (unpaired) electrons. The fourth-order valence-electron chi connectivity index (χ4n) is 4.50. The molecule has 0 aliphatic carbocycles. The standard InChI is InChI=1S/C31H21O3S.ClHO4/c32-29(22-11-2-1-3-12-22)31(30(33)24-19-18-21-10-4-5-13-23(21)20-24)35-27-16-8-6-14-25(27)34-26-15-7-9-17-28(26)35;2-1(3,4)5/h1-20,31H;(H,2,3,4,5)/q+1;/p-1. The van der Waals surface area contributed by atoms with Crippen LogP contribution in [0, 0.1) is 10.2 Å². The number of para-hydroxylation sites is 2. The molecule has 0 fully saturated rings. The highest BCUT2D eigenvalue weighted by molar-refractivity contribution is 7.99. The Labute approximate surface area is 235 Å². The number of ketones is 2. The number of carbonyl (C=O) groups excluding carboxylic acids is 2. The van der Waals surface area contributed by atoms with Crippen LogP contribution in [0.4, 0.5) is 0 Å². The van der Waals surface area contributed by atoms with Crippen LogP contribution < -0.4 is 23.4 Å². The third kappa shape index (κ3) is 6.08. The monoisotopic (exact) mass is 572 g/mol. The Morgan fingerprint density at radius 3 is 1.65 bits per heavy atom. The van der Waals surface area contributed by atoms with Crippen molar-refractivity contribution in [3.63, 3.8) is 0 Å². The van der Waals surface area contributed by atoms with Crippen LogP contribution in [0.5, 0.6) is 11.5 Å². The lowest BCUT2D eigenvalue weighted by molar-refractivity contribution is -2.00. The molecule has 0 bridgehead atoms. The lowest BCUT2D eigenvalue weighted by Crippen LogP contribution is -2.68. The summed E-state index contributed by atoms with van der Waals surface area (Å²) in [5.74, 6) is 1.01. The van der Waals surface area contributed by atoms with Crippen LogP contribution in [0.1, 0.15) is 20.7 Å². The molecule has 7 nitrogen and oxygen atoms in total. The van der Waals surface area contributed by atoms with Crippen molar-refractivity contribution in [2.24, 2.45) is 0 Å². The first-order valence-electron chi connectivity index (χ1n) is 12.0. The molecule has 200 valence electrons. The average molecular weight is 573 g/mol. The first-order valence-corrected chi connectivity index (χ1v) is 14.6. The van der Waals surface area contributed by atoms with Gasteiger partial charge in [0.15, 0.2) is 11.5 Å². The van der Waals surface area contributed by atoms with Crippen molar-refractivity contribution < 1.29 is 43.2 Å². The first-order chi connectivity index (χ1) is 19.2. The van der Waals surface area contributed by atoms with Crippen molar-refractivity contribution in [3.05, 3.63) is 132 Å². The van der Waals surface area contributed by atoms with Gasteiger partial charge in [0.25, 0.3) is 5.25 Å². The van der Waals surface area contributed by atoms with Gasteiger partial charge in [0.05, 0.1) is 10.9 Å². The van der Waals surface area contributed by atoms with Gasteiger partial charge in [0.2, 0.25) is 21.4 Å². The topological polar surface area (TPSA) is 136 Å². The second-order valence-corrected chi connectivity index (χ2v) is 11.5. The number of Topliss-reactive ketones (excluding diaryl/α,β-unsaturated/α-hetero) is 2. The SMILES string of the molecule is O=C(c1ccccc1)C(C(=O)c1ccc2ccccc2c1)[S+]1c2ccccc2Oc2ccccc21.[O-][Cl+3]([O-])([O-])[O-]. The molecule has 5 aromatic rings. The van der Waals surface area contributed by atoms with Crippen molar-refractivity contribution in [1.82, 2.24) is 0 Å². The van der Waals surface area contributed by atoms with Gasteiger partial charge in [-0.1, -0.05) is 91.0 Å². The highest BCUT2D eigenvalue weighted by Crippen LogP contribution is 2.46. The minimum Gasteiger partial charge on any atom is -0.447 e. The molecule has 1 heterocycles. The molecular formula is C31H21ClO7S. The van der Waals surface area contributed by atoms with Crippen LogP contribution in [0.3, 0.4) is 0 Å². The second-order valence-electron chi connectivity index (χ2n) is 8.75. The predicted octanol–water partition coefficient (Wildman–Crippen LogP) is 2.36. The molecule has 5 aromatic carbocycles. The summed E-state index contributed by atoms with van der Waals surface area (Å²) in [5.41, 5.74) is 1.06. The third-order valence-electron chi connectivity index (χ3n) is 6.20. The van der Waals surface area contributed by atoms with E-state index >= 15 is 0 Å². The maximum Gasteiger partial charge on any atom is 0.253 e. The maximum absolute atomic E-state index is 14.3. The van der Waals surface area contributed by atoms with Gasteiger partial charge in [-0.3, -0.25) is 9.59 Å². The van der Waals surface area contributed by atoms with Crippen LogP contribution in [-0.2, 0) is 10.9 Å². The molecule has 0 aromatic heterocycles. The number of hydrogen-bond donors (Lipinski definition) is 0. The summed E-state index contributed by atoms with van der Waals surface area (Å²) in [6.45, 7) is 0. The molecule has 0 spiro atoms. The zero-order chi connectivity index (χ0) is 28.3. The molecule has 1 atom stereocenters. The number of benzene rings is 5. The number of carbonyl (C=O) groups is 2. The molecule has 1 aliphatic rings. The summed E-state index contributed by atoms with van der Waals surface area (Å²) in [6, 6.07) is 38.1. The van der Waals surface area contributed by atoms with E-state index in [1.807, 2.05) is 109 Å². The smallest absolute Gasteiger partial charge is 0.253 e. The van der Waals surface area contributed by atoms with Crippen molar-refractivity contribution in [3.8, 4) is 11.5 Å². The Balaban J connectivity index is 0.000000595. The number of rotatable bonds is 5. The molecule has 0 saturated heterocycles. The Hall–Kier alpha value is -4.02. The van der Waals surface area contributed by atoms with Gasteiger partial charge < -0.3 is 4.74 Å². The Morgan fingerprint density at radius 2 is 1.05 bits per heavy atom. The quantitative estimate of drug-likeness (QED) is 0.179. The largest absolute Gasteiger partial charge is 0.447 e. The fourth-order valence-corrected chi connectivity index (χ4v) is 7.05. The van der Waals surface area contributed by atoms with Crippen LogP contribution in [0.2, 0.25) is 0 Å².